The van der Waals surface area contributed by atoms with Crippen LogP contribution in [-0.4, -0.2) is 59.9 Å². The van der Waals surface area contributed by atoms with Gasteiger partial charge in [-0.3, -0.25) is 4.79 Å². The van der Waals surface area contributed by atoms with E-state index in [2.05, 4.69) is 17.1 Å². The van der Waals surface area contributed by atoms with Gasteiger partial charge < -0.3 is 19.1 Å². The van der Waals surface area contributed by atoms with Crippen LogP contribution < -0.4 is 0 Å². The number of hydrogen-bond donors (Lipinski definition) is 0. The zero-order chi connectivity index (χ0) is 16.6. The van der Waals surface area contributed by atoms with Crippen LogP contribution in [0.5, 0.6) is 0 Å². The molecule has 0 radical (unpaired) electrons. The molecule has 1 aromatic carbocycles. The normalized spacial score (nSPS) is 20.6. The predicted octanol–water partition coefficient (Wildman–Crippen LogP) is 2.24. The van der Waals surface area contributed by atoms with Crippen molar-refractivity contribution in [2.24, 2.45) is 0 Å². The summed E-state index contributed by atoms with van der Waals surface area (Å²) in [6, 6.07) is 11.4. The molecule has 2 saturated heterocycles. The summed E-state index contributed by atoms with van der Waals surface area (Å²) in [5.41, 5.74) is 0.781. The fraction of sp³-hybridized carbons (Fsp3) is 0.444. The fourth-order valence-corrected chi connectivity index (χ4v) is 3.53. The largest absolute Gasteiger partial charge is 0.355 e. The Morgan fingerprint density at radius 1 is 1.17 bits per heavy atom. The summed E-state index contributed by atoms with van der Waals surface area (Å²) in [7, 11) is 2.09. The van der Waals surface area contributed by atoms with Crippen LogP contribution in [0.3, 0.4) is 0 Å². The first kappa shape index (κ1) is 15.4. The Morgan fingerprint density at radius 3 is 2.67 bits per heavy atom. The highest BCUT2D eigenvalue weighted by atomic mass is 16.5. The average Bonchev–Trinajstić information content (AvgIpc) is 3.26. The summed E-state index contributed by atoms with van der Waals surface area (Å²) in [5, 5.41) is 4.00. The standard InChI is InChI=1S/C18H21N3O3/c1-20-9-7-18(8-10-20)21(11-12-23-18)17(22)15-13-16(24-19-15)14-5-3-2-4-6-14/h2-6,13H,7-12H2,1H3. The van der Waals surface area contributed by atoms with Gasteiger partial charge in [0.2, 0.25) is 0 Å². The second-order valence-electron chi connectivity index (χ2n) is 6.50. The first-order chi connectivity index (χ1) is 11.7. The third-order valence-electron chi connectivity index (χ3n) is 4.98. The van der Waals surface area contributed by atoms with E-state index in [4.69, 9.17) is 9.26 Å². The Hall–Kier alpha value is -2.18. The molecule has 1 aromatic heterocycles. The maximum atomic E-state index is 13.0. The first-order valence-corrected chi connectivity index (χ1v) is 8.35. The molecule has 1 spiro atoms. The van der Waals surface area contributed by atoms with Gasteiger partial charge in [-0.1, -0.05) is 35.5 Å². The number of amides is 1. The molecular weight excluding hydrogens is 306 g/mol. The lowest BCUT2D eigenvalue weighted by atomic mass is 9.99. The smallest absolute Gasteiger partial charge is 0.278 e. The lowest BCUT2D eigenvalue weighted by Crippen LogP contribution is -2.54. The topological polar surface area (TPSA) is 58.8 Å². The number of carbonyl (C=O) groups excluding carboxylic acids is 1. The molecule has 0 atom stereocenters. The number of piperidine rings is 1. The third-order valence-corrected chi connectivity index (χ3v) is 4.98. The number of likely N-dealkylation sites (tertiary alicyclic amines) is 1. The SMILES string of the molecule is CN1CCC2(CC1)OCCN2C(=O)c1cc(-c2ccccc2)on1. The molecule has 0 unspecified atom stereocenters. The Labute approximate surface area is 141 Å². The molecule has 2 aromatic rings. The maximum absolute atomic E-state index is 13.0. The summed E-state index contributed by atoms with van der Waals surface area (Å²) in [4.78, 5) is 17.1. The minimum Gasteiger partial charge on any atom is -0.355 e. The summed E-state index contributed by atoms with van der Waals surface area (Å²) >= 11 is 0. The van der Waals surface area contributed by atoms with Crippen molar-refractivity contribution >= 4 is 5.91 Å². The van der Waals surface area contributed by atoms with E-state index in [-0.39, 0.29) is 5.91 Å². The van der Waals surface area contributed by atoms with Gasteiger partial charge in [0.05, 0.1) is 6.61 Å². The molecule has 2 fully saturated rings. The van der Waals surface area contributed by atoms with E-state index >= 15 is 0 Å². The van der Waals surface area contributed by atoms with Crippen LogP contribution in [0.2, 0.25) is 0 Å². The van der Waals surface area contributed by atoms with E-state index < -0.39 is 5.72 Å². The van der Waals surface area contributed by atoms with Crippen LogP contribution in [0.25, 0.3) is 11.3 Å². The van der Waals surface area contributed by atoms with Crippen LogP contribution in [0.1, 0.15) is 23.3 Å². The Kier molecular flexibility index (Phi) is 3.86. The number of carbonyl (C=O) groups is 1. The molecule has 0 aliphatic carbocycles. The highest BCUT2D eigenvalue weighted by Crippen LogP contribution is 2.35. The molecule has 0 N–H and O–H groups in total. The lowest BCUT2D eigenvalue weighted by molar-refractivity contribution is -0.102. The van der Waals surface area contributed by atoms with Crippen LogP contribution in [0, 0.1) is 0 Å². The molecule has 0 saturated carbocycles. The van der Waals surface area contributed by atoms with Crippen molar-refractivity contribution in [1.29, 1.82) is 0 Å². The van der Waals surface area contributed by atoms with Gasteiger partial charge in [0.25, 0.3) is 5.91 Å². The average molecular weight is 327 g/mol. The molecule has 1 amide bonds. The highest BCUT2D eigenvalue weighted by Gasteiger charge is 2.47. The second-order valence-corrected chi connectivity index (χ2v) is 6.50. The Balaban J connectivity index is 1.56. The lowest BCUT2D eigenvalue weighted by Gasteiger charge is -2.42. The van der Waals surface area contributed by atoms with Gasteiger partial charge >= 0.3 is 0 Å². The quantitative estimate of drug-likeness (QED) is 0.846. The fourth-order valence-electron chi connectivity index (χ4n) is 3.53. The van der Waals surface area contributed by atoms with Crippen molar-refractivity contribution in [3.8, 4) is 11.3 Å². The number of benzene rings is 1. The molecular formula is C18H21N3O3. The van der Waals surface area contributed by atoms with Gasteiger partial charge in [-0.25, -0.2) is 0 Å². The zero-order valence-electron chi connectivity index (χ0n) is 13.8. The van der Waals surface area contributed by atoms with E-state index in [9.17, 15) is 4.79 Å². The molecule has 24 heavy (non-hydrogen) atoms. The van der Waals surface area contributed by atoms with Crippen molar-refractivity contribution < 1.29 is 14.1 Å². The van der Waals surface area contributed by atoms with E-state index in [0.717, 1.165) is 31.5 Å². The van der Waals surface area contributed by atoms with Gasteiger partial charge in [0, 0.05) is 44.1 Å². The Morgan fingerprint density at radius 2 is 1.92 bits per heavy atom. The number of ether oxygens (including phenoxy) is 1. The number of nitrogens with zero attached hydrogens (tertiary/aromatic N) is 3. The van der Waals surface area contributed by atoms with Crippen LogP contribution in [0.15, 0.2) is 40.9 Å². The van der Waals surface area contributed by atoms with Crippen molar-refractivity contribution in [2.75, 3.05) is 33.3 Å². The molecule has 6 nitrogen and oxygen atoms in total. The predicted molar refractivity (Wildman–Crippen MR) is 88.4 cm³/mol. The van der Waals surface area contributed by atoms with Gasteiger partial charge in [-0.2, -0.15) is 0 Å². The van der Waals surface area contributed by atoms with Crippen LogP contribution >= 0.6 is 0 Å². The molecule has 126 valence electrons. The number of hydrogen-bond acceptors (Lipinski definition) is 5. The van der Waals surface area contributed by atoms with Crippen LogP contribution in [0.4, 0.5) is 0 Å². The maximum Gasteiger partial charge on any atom is 0.278 e. The van der Waals surface area contributed by atoms with Gasteiger partial charge in [0.1, 0.15) is 5.72 Å². The van der Waals surface area contributed by atoms with E-state index in [1.165, 1.54) is 0 Å². The summed E-state index contributed by atoms with van der Waals surface area (Å²) in [6.45, 7) is 3.05. The van der Waals surface area contributed by atoms with E-state index in [1.807, 2.05) is 35.2 Å². The Bertz CT molecular complexity index is 720. The number of aromatic nitrogens is 1. The molecule has 0 bridgehead atoms. The monoisotopic (exact) mass is 327 g/mol. The minimum absolute atomic E-state index is 0.108. The van der Waals surface area contributed by atoms with Crippen molar-refractivity contribution in [3.63, 3.8) is 0 Å². The van der Waals surface area contributed by atoms with Gasteiger partial charge in [-0.05, 0) is 7.05 Å². The van der Waals surface area contributed by atoms with E-state index in [1.54, 1.807) is 6.07 Å². The summed E-state index contributed by atoms with van der Waals surface area (Å²) < 4.78 is 11.4. The van der Waals surface area contributed by atoms with Crippen molar-refractivity contribution in [2.45, 2.75) is 18.6 Å². The molecule has 6 heteroatoms. The number of rotatable bonds is 2. The zero-order valence-corrected chi connectivity index (χ0v) is 13.8. The summed E-state index contributed by atoms with van der Waals surface area (Å²) in [6.07, 6.45) is 1.66. The summed E-state index contributed by atoms with van der Waals surface area (Å²) in [5.74, 6) is 0.500. The van der Waals surface area contributed by atoms with Crippen molar-refractivity contribution in [1.82, 2.24) is 15.0 Å². The van der Waals surface area contributed by atoms with Crippen LogP contribution in [-0.2, 0) is 4.74 Å². The molecule has 2 aliphatic heterocycles. The molecule has 3 heterocycles. The second kappa shape index (κ2) is 6.03. The minimum atomic E-state index is -0.477. The molecule has 4 rings (SSSR count). The van der Waals surface area contributed by atoms with Gasteiger partial charge in [0.15, 0.2) is 11.5 Å². The first-order valence-electron chi connectivity index (χ1n) is 8.35. The van der Waals surface area contributed by atoms with Crippen molar-refractivity contribution in [3.05, 3.63) is 42.1 Å². The molecule has 2 aliphatic rings. The third kappa shape index (κ3) is 2.61. The van der Waals surface area contributed by atoms with E-state index in [0.29, 0.717) is 24.6 Å². The highest BCUT2D eigenvalue weighted by molar-refractivity contribution is 5.93. The van der Waals surface area contributed by atoms with Gasteiger partial charge in [-0.15, -0.1) is 0 Å².